The van der Waals surface area contributed by atoms with Gasteiger partial charge in [-0.15, -0.1) is 0 Å². The predicted molar refractivity (Wildman–Crippen MR) is 38.9 cm³/mol. The van der Waals surface area contributed by atoms with Crippen LogP contribution in [0.5, 0.6) is 0 Å². The molecule has 0 aromatic heterocycles. The van der Waals surface area contributed by atoms with Crippen molar-refractivity contribution >= 4 is 0 Å². The molecule has 2 aliphatic heterocycles. The van der Waals surface area contributed by atoms with E-state index in [1.165, 1.54) is 25.9 Å². The Bertz CT molecular complexity index is 44.8. The first-order chi connectivity index (χ1) is 5.00. The first kappa shape index (κ1) is 7.98. The summed E-state index contributed by atoms with van der Waals surface area (Å²) in [5, 5.41) is 3.22. The SMILES string of the molecule is C1CCNC1.C1COCO1. The maximum Gasteiger partial charge on any atom is 0.146 e. The molecular formula is C7H15NO2. The zero-order chi connectivity index (χ0) is 7.07. The molecule has 0 atom stereocenters. The van der Waals surface area contributed by atoms with Gasteiger partial charge in [0.1, 0.15) is 6.79 Å². The lowest BCUT2D eigenvalue weighted by Gasteiger charge is -1.76. The lowest BCUT2D eigenvalue weighted by Crippen LogP contribution is -2.03. The highest BCUT2D eigenvalue weighted by Gasteiger charge is 1.94. The summed E-state index contributed by atoms with van der Waals surface area (Å²) >= 11 is 0. The summed E-state index contributed by atoms with van der Waals surface area (Å²) in [5.74, 6) is 0. The van der Waals surface area contributed by atoms with Crippen LogP contribution >= 0.6 is 0 Å². The van der Waals surface area contributed by atoms with Crippen LogP contribution in [0, 0.1) is 0 Å². The zero-order valence-corrected chi connectivity index (χ0v) is 6.27. The molecule has 2 fully saturated rings. The van der Waals surface area contributed by atoms with Crippen LogP contribution in [0.2, 0.25) is 0 Å². The molecule has 0 amide bonds. The average molecular weight is 145 g/mol. The highest BCUT2D eigenvalue weighted by molar-refractivity contribution is 4.55. The van der Waals surface area contributed by atoms with Crippen LogP contribution in [-0.2, 0) is 9.47 Å². The summed E-state index contributed by atoms with van der Waals surface area (Å²) < 4.78 is 9.44. The molecule has 3 nitrogen and oxygen atoms in total. The van der Waals surface area contributed by atoms with E-state index in [0.717, 1.165) is 13.2 Å². The molecular weight excluding hydrogens is 130 g/mol. The van der Waals surface area contributed by atoms with Crippen molar-refractivity contribution in [3.05, 3.63) is 0 Å². The van der Waals surface area contributed by atoms with Gasteiger partial charge in [-0.05, 0) is 25.9 Å². The maximum absolute atomic E-state index is 4.72. The normalized spacial score (nSPS) is 24.0. The highest BCUT2D eigenvalue weighted by Crippen LogP contribution is 1.90. The first-order valence-corrected chi connectivity index (χ1v) is 3.86. The third-order valence-electron chi connectivity index (χ3n) is 1.50. The fourth-order valence-electron chi connectivity index (χ4n) is 0.920. The highest BCUT2D eigenvalue weighted by atomic mass is 16.7. The van der Waals surface area contributed by atoms with E-state index < -0.39 is 0 Å². The Hall–Kier alpha value is -0.120. The van der Waals surface area contributed by atoms with Gasteiger partial charge in [0, 0.05) is 0 Å². The van der Waals surface area contributed by atoms with Crippen molar-refractivity contribution in [3.8, 4) is 0 Å². The summed E-state index contributed by atoms with van der Waals surface area (Å²) in [6, 6.07) is 0. The zero-order valence-electron chi connectivity index (χ0n) is 6.27. The van der Waals surface area contributed by atoms with Gasteiger partial charge in [0.25, 0.3) is 0 Å². The smallest absolute Gasteiger partial charge is 0.146 e. The second-order valence-electron chi connectivity index (χ2n) is 2.39. The Balaban J connectivity index is 0.0000001000. The van der Waals surface area contributed by atoms with Gasteiger partial charge in [0.05, 0.1) is 13.2 Å². The Kier molecular flexibility index (Phi) is 4.51. The van der Waals surface area contributed by atoms with E-state index in [0.29, 0.717) is 6.79 Å². The van der Waals surface area contributed by atoms with Crippen molar-refractivity contribution in [1.29, 1.82) is 0 Å². The molecule has 60 valence electrons. The summed E-state index contributed by atoms with van der Waals surface area (Å²) in [4.78, 5) is 0. The number of rotatable bonds is 0. The summed E-state index contributed by atoms with van der Waals surface area (Å²) in [5.41, 5.74) is 0. The van der Waals surface area contributed by atoms with Crippen molar-refractivity contribution in [3.63, 3.8) is 0 Å². The molecule has 0 aromatic carbocycles. The number of nitrogens with one attached hydrogen (secondary N) is 1. The molecule has 2 heterocycles. The second kappa shape index (κ2) is 5.65. The third kappa shape index (κ3) is 3.82. The molecule has 10 heavy (non-hydrogen) atoms. The quantitative estimate of drug-likeness (QED) is 0.534. The third-order valence-corrected chi connectivity index (χ3v) is 1.50. The molecule has 0 spiro atoms. The van der Waals surface area contributed by atoms with Crippen LogP contribution < -0.4 is 5.32 Å². The minimum absolute atomic E-state index is 0.500. The number of ether oxygens (including phenoxy) is 2. The summed E-state index contributed by atoms with van der Waals surface area (Å²) in [6.45, 7) is 4.56. The van der Waals surface area contributed by atoms with Crippen molar-refractivity contribution < 1.29 is 9.47 Å². The molecule has 2 rings (SSSR count). The van der Waals surface area contributed by atoms with E-state index in [2.05, 4.69) is 5.32 Å². The first-order valence-electron chi connectivity index (χ1n) is 3.86. The Labute approximate surface area is 61.7 Å². The van der Waals surface area contributed by atoms with Crippen LogP contribution in [0.25, 0.3) is 0 Å². The second-order valence-corrected chi connectivity index (χ2v) is 2.39. The van der Waals surface area contributed by atoms with E-state index in [4.69, 9.17) is 9.47 Å². The van der Waals surface area contributed by atoms with Gasteiger partial charge in [-0.1, -0.05) is 0 Å². The molecule has 0 aliphatic carbocycles. The van der Waals surface area contributed by atoms with Gasteiger partial charge in [-0.3, -0.25) is 0 Å². The average Bonchev–Trinajstić information content (AvgIpc) is 2.67. The number of hydrogen-bond acceptors (Lipinski definition) is 3. The van der Waals surface area contributed by atoms with Crippen LogP contribution in [0.3, 0.4) is 0 Å². The van der Waals surface area contributed by atoms with Crippen LogP contribution in [0.15, 0.2) is 0 Å². The van der Waals surface area contributed by atoms with E-state index in [-0.39, 0.29) is 0 Å². The molecule has 0 aromatic rings. The van der Waals surface area contributed by atoms with Crippen molar-refractivity contribution in [2.45, 2.75) is 12.8 Å². The Morgan fingerprint density at radius 1 is 0.900 bits per heavy atom. The lowest BCUT2D eigenvalue weighted by molar-refractivity contribution is 0.0692. The van der Waals surface area contributed by atoms with E-state index in [1.54, 1.807) is 0 Å². The standard InChI is InChI=1S/C4H9N.C3H6O2/c1-2-4-5-3-1;1-2-5-3-4-1/h5H,1-4H2;1-3H2. The molecule has 0 saturated carbocycles. The van der Waals surface area contributed by atoms with Gasteiger partial charge in [0.2, 0.25) is 0 Å². The van der Waals surface area contributed by atoms with Crippen LogP contribution in [-0.4, -0.2) is 33.1 Å². The van der Waals surface area contributed by atoms with Crippen LogP contribution in [0.4, 0.5) is 0 Å². The van der Waals surface area contributed by atoms with E-state index >= 15 is 0 Å². The van der Waals surface area contributed by atoms with Gasteiger partial charge in [0.15, 0.2) is 0 Å². The molecule has 1 N–H and O–H groups in total. The molecule has 0 unspecified atom stereocenters. The number of hydrogen-bond donors (Lipinski definition) is 1. The molecule has 2 saturated heterocycles. The van der Waals surface area contributed by atoms with Gasteiger partial charge in [-0.25, -0.2) is 0 Å². The van der Waals surface area contributed by atoms with Gasteiger partial charge < -0.3 is 14.8 Å². The molecule has 0 radical (unpaired) electrons. The van der Waals surface area contributed by atoms with Crippen LogP contribution in [0.1, 0.15) is 12.8 Å². The van der Waals surface area contributed by atoms with Gasteiger partial charge >= 0.3 is 0 Å². The largest absolute Gasteiger partial charge is 0.353 e. The van der Waals surface area contributed by atoms with Crippen molar-refractivity contribution in [2.24, 2.45) is 0 Å². The lowest BCUT2D eigenvalue weighted by atomic mass is 10.4. The Morgan fingerprint density at radius 3 is 1.70 bits per heavy atom. The molecule has 0 bridgehead atoms. The maximum atomic E-state index is 4.72. The minimum atomic E-state index is 0.500. The molecule has 2 aliphatic rings. The predicted octanol–water partition coefficient (Wildman–Crippen LogP) is 0.360. The minimum Gasteiger partial charge on any atom is -0.353 e. The van der Waals surface area contributed by atoms with Gasteiger partial charge in [-0.2, -0.15) is 0 Å². The summed E-state index contributed by atoms with van der Waals surface area (Å²) in [7, 11) is 0. The fourth-order valence-corrected chi connectivity index (χ4v) is 0.920. The Morgan fingerprint density at radius 2 is 1.50 bits per heavy atom. The van der Waals surface area contributed by atoms with Crippen molar-refractivity contribution in [2.75, 3.05) is 33.1 Å². The van der Waals surface area contributed by atoms with E-state index in [9.17, 15) is 0 Å². The summed E-state index contributed by atoms with van der Waals surface area (Å²) in [6.07, 6.45) is 2.78. The van der Waals surface area contributed by atoms with E-state index in [1.807, 2.05) is 0 Å². The topological polar surface area (TPSA) is 30.5 Å². The van der Waals surface area contributed by atoms with Crippen molar-refractivity contribution in [1.82, 2.24) is 5.32 Å². The fraction of sp³-hybridized carbons (Fsp3) is 1.00. The monoisotopic (exact) mass is 145 g/mol. The molecule has 3 heteroatoms.